The van der Waals surface area contributed by atoms with Gasteiger partial charge in [-0.25, -0.2) is 0 Å². The first-order valence-corrected chi connectivity index (χ1v) is 7.13. The van der Waals surface area contributed by atoms with Crippen molar-refractivity contribution < 1.29 is 4.79 Å². The highest BCUT2D eigenvalue weighted by Gasteiger charge is 2.31. The van der Waals surface area contributed by atoms with Gasteiger partial charge in [-0.3, -0.25) is 4.79 Å². The van der Waals surface area contributed by atoms with Crippen molar-refractivity contribution >= 4 is 29.3 Å². The number of hydrogen-bond acceptors (Lipinski definition) is 2. The number of nitrogens with zero attached hydrogens (tertiary/aromatic N) is 1. The van der Waals surface area contributed by atoms with Crippen molar-refractivity contribution in [3.05, 3.63) is 48.0 Å². The van der Waals surface area contributed by atoms with Crippen LogP contribution in [0, 0.1) is 0 Å². The molecule has 0 radical (unpaired) electrons. The lowest BCUT2D eigenvalue weighted by Gasteiger charge is -2.26. The standard InChI is InChI=1S/C16H17NOS/c1-11(17-10-13(19)9-16(17)18)14-8-4-6-12-5-2-3-7-15(12)14/h2-8,11,13,19H,9-10H2,1H3. The van der Waals surface area contributed by atoms with Crippen molar-refractivity contribution in [1.82, 2.24) is 4.90 Å². The largest absolute Gasteiger partial charge is 0.335 e. The molecule has 0 aliphatic carbocycles. The molecular formula is C16H17NOS. The fraction of sp³-hybridized carbons (Fsp3) is 0.312. The molecule has 0 N–H and O–H groups in total. The van der Waals surface area contributed by atoms with Gasteiger partial charge >= 0.3 is 0 Å². The molecule has 1 heterocycles. The van der Waals surface area contributed by atoms with E-state index in [9.17, 15) is 4.79 Å². The van der Waals surface area contributed by atoms with Gasteiger partial charge in [0.05, 0.1) is 6.04 Å². The Balaban J connectivity index is 2.02. The van der Waals surface area contributed by atoms with Gasteiger partial charge in [-0.2, -0.15) is 12.6 Å². The zero-order valence-corrected chi connectivity index (χ0v) is 11.8. The molecule has 1 aliphatic rings. The Bertz CT molecular complexity index is 620. The van der Waals surface area contributed by atoms with E-state index >= 15 is 0 Å². The Hall–Kier alpha value is -1.48. The number of carbonyl (C=O) groups excluding carboxylic acids is 1. The minimum atomic E-state index is 0.107. The smallest absolute Gasteiger partial charge is 0.224 e. The lowest BCUT2D eigenvalue weighted by molar-refractivity contribution is -0.129. The van der Waals surface area contributed by atoms with E-state index in [0.717, 1.165) is 6.54 Å². The lowest BCUT2D eigenvalue weighted by Crippen LogP contribution is -2.28. The van der Waals surface area contributed by atoms with Crippen LogP contribution in [0.5, 0.6) is 0 Å². The van der Waals surface area contributed by atoms with Crippen molar-refractivity contribution in [2.45, 2.75) is 24.6 Å². The van der Waals surface area contributed by atoms with E-state index in [2.05, 4.69) is 49.9 Å². The highest BCUT2D eigenvalue weighted by molar-refractivity contribution is 7.81. The SMILES string of the molecule is CC(c1cccc2ccccc12)N1CC(S)CC1=O. The first-order valence-electron chi connectivity index (χ1n) is 6.62. The topological polar surface area (TPSA) is 20.3 Å². The number of fused-ring (bicyclic) bond motifs is 1. The molecule has 0 bridgehead atoms. The number of likely N-dealkylation sites (tertiary alicyclic amines) is 1. The number of hydrogen-bond donors (Lipinski definition) is 1. The van der Waals surface area contributed by atoms with E-state index < -0.39 is 0 Å². The molecule has 0 spiro atoms. The third kappa shape index (κ3) is 2.23. The second-order valence-corrected chi connectivity index (χ2v) is 5.88. The fourth-order valence-electron chi connectivity index (χ4n) is 2.87. The number of rotatable bonds is 2. The number of carbonyl (C=O) groups is 1. The summed E-state index contributed by atoms with van der Waals surface area (Å²) in [6, 6.07) is 14.7. The van der Waals surface area contributed by atoms with Crippen molar-refractivity contribution in [3.63, 3.8) is 0 Å². The van der Waals surface area contributed by atoms with Crippen molar-refractivity contribution in [2.24, 2.45) is 0 Å². The monoisotopic (exact) mass is 271 g/mol. The summed E-state index contributed by atoms with van der Waals surface area (Å²) in [5, 5.41) is 2.62. The third-order valence-electron chi connectivity index (χ3n) is 3.88. The average molecular weight is 271 g/mol. The molecule has 19 heavy (non-hydrogen) atoms. The molecule has 2 aromatic rings. The molecule has 2 atom stereocenters. The maximum atomic E-state index is 12.0. The Morgan fingerprint density at radius 3 is 2.68 bits per heavy atom. The van der Waals surface area contributed by atoms with Gasteiger partial charge < -0.3 is 4.90 Å². The summed E-state index contributed by atoms with van der Waals surface area (Å²) in [7, 11) is 0. The van der Waals surface area contributed by atoms with Crippen LogP contribution in [0.4, 0.5) is 0 Å². The molecule has 2 unspecified atom stereocenters. The minimum Gasteiger partial charge on any atom is -0.335 e. The van der Waals surface area contributed by atoms with Crippen molar-refractivity contribution in [3.8, 4) is 0 Å². The highest BCUT2D eigenvalue weighted by Crippen LogP contribution is 2.31. The van der Waals surface area contributed by atoms with Gasteiger partial charge in [0.2, 0.25) is 5.91 Å². The zero-order chi connectivity index (χ0) is 13.4. The molecule has 1 aliphatic heterocycles. The molecule has 1 fully saturated rings. The number of benzene rings is 2. The van der Waals surface area contributed by atoms with E-state index in [-0.39, 0.29) is 17.2 Å². The Labute approximate surface area is 118 Å². The molecule has 3 heteroatoms. The summed E-state index contributed by atoms with van der Waals surface area (Å²) in [6.45, 7) is 2.85. The van der Waals surface area contributed by atoms with E-state index in [1.807, 2.05) is 17.0 Å². The minimum absolute atomic E-state index is 0.107. The molecule has 2 nitrogen and oxygen atoms in total. The lowest BCUT2D eigenvalue weighted by atomic mass is 9.99. The first-order chi connectivity index (χ1) is 9.16. The quantitative estimate of drug-likeness (QED) is 0.830. The molecule has 2 aromatic carbocycles. The maximum Gasteiger partial charge on any atom is 0.224 e. The number of thiol groups is 1. The molecule has 1 amide bonds. The van der Waals surface area contributed by atoms with E-state index in [4.69, 9.17) is 0 Å². The van der Waals surface area contributed by atoms with Crippen LogP contribution in [0.25, 0.3) is 10.8 Å². The number of amides is 1. The molecule has 3 rings (SSSR count). The normalized spacial score (nSPS) is 21.1. The molecular weight excluding hydrogens is 254 g/mol. The van der Waals surface area contributed by atoms with Crippen LogP contribution in [0.1, 0.15) is 24.9 Å². The van der Waals surface area contributed by atoms with Crippen molar-refractivity contribution in [1.29, 1.82) is 0 Å². The maximum absolute atomic E-state index is 12.0. The summed E-state index contributed by atoms with van der Waals surface area (Å²) in [5.41, 5.74) is 1.22. The highest BCUT2D eigenvalue weighted by atomic mass is 32.1. The Morgan fingerprint density at radius 2 is 1.95 bits per heavy atom. The predicted molar refractivity (Wildman–Crippen MR) is 81.5 cm³/mol. The molecule has 0 saturated carbocycles. The predicted octanol–water partition coefficient (Wildman–Crippen LogP) is 3.43. The van der Waals surface area contributed by atoms with Crippen LogP contribution in [0.2, 0.25) is 0 Å². The van der Waals surface area contributed by atoms with Gasteiger partial charge in [0, 0.05) is 18.2 Å². The van der Waals surface area contributed by atoms with Gasteiger partial charge in [-0.1, -0.05) is 42.5 Å². The van der Waals surface area contributed by atoms with Gasteiger partial charge in [-0.15, -0.1) is 0 Å². The summed E-state index contributed by atoms with van der Waals surface area (Å²) < 4.78 is 0. The van der Waals surface area contributed by atoms with E-state index in [0.29, 0.717) is 6.42 Å². The van der Waals surface area contributed by atoms with Crippen LogP contribution < -0.4 is 0 Å². The van der Waals surface area contributed by atoms with Crippen LogP contribution >= 0.6 is 12.6 Å². The van der Waals surface area contributed by atoms with Gasteiger partial charge in [-0.05, 0) is 23.3 Å². The second-order valence-electron chi connectivity index (χ2n) is 5.15. The second kappa shape index (κ2) is 4.89. The Kier molecular flexibility index (Phi) is 3.23. The summed E-state index contributed by atoms with van der Waals surface area (Å²) >= 11 is 4.43. The van der Waals surface area contributed by atoms with Crippen LogP contribution in [-0.4, -0.2) is 22.6 Å². The summed E-state index contributed by atoms with van der Waals surface area (Å²) in [6.07, 6.45) is 0.554. The summed E-state index contributed by atoms with van der Waals surface area (Å²) in [5.74, 6) is 0.209. The van der Waals surface area contributed by atoms with Crippen LogP contribution in [-0.2, 0) is 4.79 Å². The fourth-order valence-corrected chi connectivity index (χ4v) is 3.20. The van der Waals surface area contributed by atoms with E-state index in [1.54, 1.807) is 0 Å². The van der Waals surface area contributed by atoms with Crippen LogP contribution in [0.3, 0.4) is 0 Å². The van der Waals surface area contributed by atoms with Crippen molar-refractivity contribution in [2.75, 3.05) is 6.54 Å². The first kappa shape index (κ1) is 12.5. The third-order valence-corrected chi connectivity index (χ3v) is 4.22. The van der Waals surface area contributed by atoms with Gasteiger partial charge in [0.15, 0.2) is 0 Å². The average Bonchev–Trinajstić information content (AvgIpc) is 2.76. The van der Waals surface area contributed by atoms with Gasteiger partial charge in [0.1, 0.15) is 0 Å². The summed E-state index contributed by atoms with van der Waals surface area (Å²) in [4.78, 5) is 14.0. The van der Waals surface area contributed by atoms with Crippen LogP contribution in [0.15, 0.2) is 42.5 Å². The Morgan fingerprint density at radius 1 is 1.21 bits per heavy atom. The molecule has 1 saturated heterocycles. The van der Waals surface area contributed by atoms with Gasteiger partial charge in [0.25, 0.3) is 0 Å². The molecule has 98 valence electrons. The van der Waals surface area contributed by atoms with E-state index in [1.165, 1.54) is 16.3 Å². The molecule has 0 aromatic heterocycles. The zero-order valence-electron chi connectivity index (χ0n) is 10.9.